The number of amides is 2. The Labute approximate surface area is 200 Å². The maximum absolute atomic E-state index is 11.8. The molecule has 1 aromatic carbocycles. The van der Waals surface area contributed by atoms with Gasteiger partial charge >= 0.3 is 5.97 Å². The second-order valence-electron chi connectivity index (χ2n) is 8.83. The Bertz CT molecular complexity index is 898. The Hall–Kier alpha value is -2.97. The van der Waals surface area contributed by atoms with Crippen LogP contribution in [0.2, 0.25) is 0 Å². The molecule has 0 saturated heterocycles. The van der Waals surface area contributed by atoms with E-state index in [4.69, 9.17) is 18.9 Å². The van der Waals surface area contributed by atoms with E-state index in [-0.39, 0.29) is 11.8 Å². The first-order valence-electron chi connectivity index (χ1n) is 11.7. The second-order valence-corrected chi connectivity index (χ2v) is 8.83. The summed E-state index contributed by atoms with van der Waals surface area (Å²) in [5.74, 6) is 0.372. The molecular formula is C26H33NO7. The van der Waals surface area contributed by atoms with Gasteiger partial charge in [0, 0.05) is 17.7 Å². The lowest BCUT2D eigenvalue weighted by Gasteiger charge is -2.29. The number of hydrogen-bond donors (Lipinski definition) is 0. The van der Waals surface area contributed by atoms with Gasteiger partial charge in [0.25, 0.3) is 11.8 Å². The Kier molecular flexibility index (Phi) is 9.01. The van der Waals surface area contributed by atoms with Crippen LogP contribution in [0.3, 0.4) is 0 Å². The average Bonchev–Trinajstić information content (AvgIpc) is 3.15. The van der Waals surface area contributed by atoms with Crippen LogP contribution in [-0.2, 0) is 28.6 Å². The monoisotopic (exact) mass is 471 g/mol. The summed E-state index contributed by atoms with van der Waals surface area (Å²) < 4.78 is 22.5. The number of imide groups is 1. The van der Waals surface area contributed by atoms with Crippen molar-refractivity contribution in [3.05, 3.63) is 48.6 Å². The van der Waals surface area contributed by atoms with Crippen LogP contribution < -0.4 is 9.64 Å². The maximum Gasteiger partial charge on any atom is 0.335 e. The van der Waals surface area contributed by atoms with Gasteiger partial charge < -0.3 is 18.9 Å². The van der Waals surface area contributed by atoms with Gasteiger partial charge in [0.2, 0.25) is 0 Å². The number of benzene rings is 1. The molecule has 1 aliphatic heterocycles. The highest BCUT2D eigenvalue weighted by Gasteiger charge is 2.25. The van der Waals surface area contributed by atoms with E-state index in [1.54, 1.807) is 38.1 Å². The van der Waals surface area contributed by atoms with Crippen molar-refractivity contribution < 1.29 is 33.3 Å². The smallest absolute Gasteiger partial charge is 0.335 e. The van der Waals surface area contributed by atoms with Crippen molar-refractivity contribution >= 4 is 23.5 Å². The van der Waals surface area contributed by atoms with Gasteiger partial charge in [0.15, 0.2) is 12.6 Å². The lowest BCUT2D eigenvalue weighted by atomic mass is 9.83. The molecule has 3 rings (SSSR count). The van der Waals surface area contributed by atoms with Gasteiger partial charge in [-0.1, -0.05) is 6.58 Å². The van der Waals surface area contributed by atoms with E-state index < -0.39 is 18.5 Å². The predicted octanol–water partition coefficient (Wildman–Crippen LogP) is 4.15. The number of carbonyl (C=O) groups excluding carboxylic acids is 3. The summed E-state index contributed by atoms with van der Waals surface area (Å²) in [4.78, 5) is 36.2. The van der Waals surface area contributed by atoms with Crippen molar-refractivity contribution in [2.75, 3.05) is 18.1 Å². The molecule has 184 valence electrons. The Morgan fingerprint density at radius 1 is 0.941 bits per heavy atom. The standard InChI is InChI=1S/C26H33NO7/c1-17(2)26(30)34-19(4)32-16-21-7-5-20(6-8-21)15-31-18(3)33-23-11-9-22(10-12-23)27-24(28)13-14-25(27)29/h9-14,18-21H,1,5-8,15-16H2,2-4H3. The van der Waals surface area contributed by atoms with Crippen molar-refractivity contribution in [3.8, 4) is 5.75 Å². The van der Waals surface area contributed by atoms with E-state index >= 15 is 0 Å². The van der Waals surface area contributed by atoms with E-state index in [0.29, 0.717) is 42.1 Å². The van der Waals surface area contributed by atoms with Gasteiger partial charge in [0.1, 0.15) is 5.75 Å². The topological polar surface area (TPSA) is 91.4 Å². The third kappa shape index (κ3) is 7.27. The summed E-state index contributed by atoms with van der Waals surface area (Å²) in [6, 6.07) is 6.78. The SMILES string of the molecule is C=C(C)C(=O)OC(C)OCC1CCC(COC(C)Oc2ccc(N3C(=O)C=CC3=O)cc2)CC1. The lowest BCUT2D eigenvalue weighted by Crippen LogP contribution is -2.29. The first-order chi connectivity index (χ1) is 16.2. The summed E-state index contributed by atoms with van der Waals surface area (Å²) >= 11 is 0. The normalized spacial score (nSPS) is 21.9. The molecule has 2 atom stereocenters. The quantitative estimate of drug-likeness (QED) is 0.207. The fraction of sp³-hybridized carbons (Fsp3) is 0.500. The molecule has 1 saturated carbocycles. The third-order valence-corrected chi connectivity index (χ3v) is 5.93. The summed E-state index contributed by atoms with van der Waals surface area (Å²) in [5, 5.41) is 0. The summed E-state index contributed by atoms with van der Waals surface area (Å²) in [7, 11) is 0. The molecule has 0 bridgehead atoms. The number of hydrogen-bond acceptors (Lipinski definition) is 7. The first-order valence-corrected chi connectivity index (χ1v) is 11.7. The van der Waals surface area contributed by atoms with Gasteiger partial charge in [-0.15, -0.1) is 0 Å². The van der Waals surface area contributed by atoms with Gasteiger partial charge in [-0.05, 0) is 82.6 Å². The Morgan fingerprint density at radius 3 is 1.94 bits per heavy atom. The Morgan fingerprint density at radius 2 is 1.44 bits per heavy atom. The molecule has 0 N–H and O–H groups in total. The number of carbonyl (C=O) groups is 3. The van der Waals surface area contributed by atoms with Crippen molar-refractivity contribution in [1.82, 2.24) is 0 Å². The highest BCUT2D eigenvalue weighted by molar-refractivity contribution is 6.28. The molecule has 1 heterocycles. The Balaban J connectivity index is 1.33. The van der Waals surface area contributed by atoms with Crippen molar-refractivity contribution in [2.24, 2.45) is 11.8 Å². The molecule has 34 heavy (non-hydrogen) atoms. The largest absolute Gasteiger partial charge is 0.465 e. The van der Waals surface area contributed by atoms with E-state index in [0.717, 1.165) is 30.6 Å². The fourth-order valence-electron chi connectivity index (χ4n) is 3.95. The van der Waals surface area contributed by atoms with Crippen LogP contribution in [0.25, 0.3) is 0 Å². The number of ether oxygens (including phenoxy) is 4. The fourth-order valence-corrected chi connectivity index (χ4v) is 3.95. The van der Waals surface area contributed by atoms with Crippen molar-refractivity contribution in [2.45, 2.75) is 59.0 Å². The molecular weight excluding hydrogens is 438 g/mol. The van der Waals surface area contributed by atoms with Crippen LogP contribution in [0, 0.1) is 11.8 Å². The minimum absolute atomic E-state index is 0.350. The number of esters is 1. The molecule has 0 spiro atoms. The van der Waals surface area contributed by atoms with Crippen LogP contribution in [-0.4, -0.2) is 43.6 Å². The molecule has 2 aliphatic rings. The van der Waals surface area contributed by atoms with Gasteiger partial charge in [-0.25, -0.2) is 9.69 Å². The zero-order valence-electron chi connectivity index (χ0n) is 20.0. The average molecular weight is 472 g/mol. The van der Waals surface area contributed by atoms with Crippen LogP contribution in [0.15, 0.2) is 48.6 Å². The number of nitrogens with zero attached hydrogens (tertiary/aromatic N) is 1. The predicted molar refractivity (Wildman–Crippen MR) is 126 cm³/mol. The summed E-state index contributed by atoms with van der Waals surface area (Å²) in [6.07, 6.45) is 5.67. The zero-order chi connectivity index (χ0) is 24.7. The molecule has 2 amide bonds. The summed E-state index contributed by atoms with van der Waals surface area (Å²) in [6.45, 7) is 9.92. The van der Waals surface area contributed by atoms with E-state index in [9.17, 15) is 14.4 Å². The van der Waals surface area contributed by atoms with Gasteiger partial charge in [0.05, 0.1) is 18.9 Å². The molecule has 1 fully saturated rings. The molecule has 0 radical (unpaired) electrons. The molecule has 0 aromatic heterocycles. The molecule has 8 heteroatoms. The molecule has 8 nitrogen and oxygen atoms in total. The van der Waals surface area contributed by atoms with E-state index in [1.807, 2.05) is 6.92 Å². The van der Waals surface area contributed by atoms with Crippen LogP contribution >= 0.6 is 0 Å². The van der Waals surface area contributed by atoms with E-state index in [1.165, 1.54) is 12.2 Å². The van der Waals surface area contributed by atoms with Gasteiger partial charge in [-0.3, -0.25) is 9.59 Å². The van der Waals surface area contributed by atoms with Crippen molar-refractivity contribution in [1.29, 1.82) is 0 Å². The molecule has 1 aromatic rings. The van der Waals surface area contributed by atoms with Gasteiger partial charge in [-0.2, -0.15) is 0 Å². The second kappa shape index (κ2) is 11.9. The minimum Gasteiger partial charge on any atom is -0.465 e. The van der Waals surface area contributed by atoms with Crippen molar-refractivity contribution in [3.63, 3.8) is 0 Å². The molecule has 2 unspecified atom stereocenters. The van der Waals surface area contributed by atoms with Crippen LogP contribution in [0.1, 0.15) is 46.5 Å². The number of anilines is 1. The van der Waals surface area contributed by atoms with Crippen LogP contribution in [0.4, 0.5) is 5.69 Å². The highest BCUT2D eigenvalue weighted by atomic mass is 16.7. The maximum atomic E-state index is 11.8. The molecule has 1 aliphatic carbocycles. The summed E-state index contributed by atoms with van der Waals surface area (Å²) in [5.41, 5.74) is 0.865. The number of rotatable bonds is 11. The first kappa shape index (κ1) is 25.6. The third-order valence-electron chi connectivity index (χ3n) is 5.93. The minimum atomic E-state index is -0.578. The zero-order valence-corrected chi connectivity index (χ0v) is 20.0. The van der Waals surface area contributed by atoms with Crippen LogP contribution in [0.5, 0.6) is 5.75 Å². The highest BCUT2D eigenvalue weighted by Crippen LogP contribution is 2.30. The lowest BCUT2D eigenvalue weighted by molar-refractivity contribution is -0.173. The van der Waals surface area contributed by atoms with E-state index in [2.05, 4.69) is 6.58 Å².